The lowest BCUT2D eigenvalue weighted by Gasteiger charge is -2.17. The van der Waals surface area contributed by atoms with Crippen LogP contribution in [0, 0.1) is 0 Å². The lowest BCUT2D eigenvalue weighted by atomic mass is 10.1. The zero-order valence-corrected chi connectivity index (χ0v) is 13.7. The van der Waals surface area contributed by atoms with Crippen molar-refractivity contribution in [2.24, 2.45) is 0 Å². The highest BCUT2D eigenvalue weighted by atomic mass is 16.5. The molecule has 5 heteroatoms. The maximum atomic E-state index is 12.2. The van der Waals surface area contributed by atoms with Crippen LogP contribution in [0.2, 0.25) is 0 Å². The van der Waals surface area contributed by atoms with E-state index in [4.69, 9.17) is 4.74 Å². The Morgan fingerprint density at radius 2 is 1.64 bits per heavy atom. The molecule has 0 aliphatic carbocycles. The monoisotopic (exact) mass is 335 g/mol. The molecular weight excluding hydrogens is 318 g/mol. The zero-order valence-electron chi connectivity index (χ0n) is 13.7. The number of amides is 1. The second-order valence-electron chi connectivity index (χ2n) is 5.55. The van der Waals surface area contributed by atoms with Gasteiger partial charge in [0.2, 0.25) is 0 Å². The molecule has 0 saturated heterocycles. The smallest absolute Gasteiger partial charge is 0.342 e. The van der Waals surface area contributed by atoms with Crippen LogP contribution >= 0.6 is 0 Å². The number of carbonyl (C=O) groups is 2. The minimum atomic E-state index is -0.738. The van der Waals surface area contributed by atoms with Crippen molar-refractivity contribution in [1.29, 1.82) is 0 Å². The number of aromatic hydroxyl groups is 1. The Labute approximate surface area is 145 Å². The first kappa shape index (κ1) is 16.5. The summed E-state index contributed by atoms with van der Waals surface area (Å²) >= 11 is 0. The first-order valence-corrected chi connectivity index (χ1v) is 7.77. The highest BCUT2D eigenvalue weighted by molar-refractivity contribution is 6.02. The number of hydrogen-bond donors (Lipinski definition) is 1. The molecule has 0 saturated carbocycles. The SMILES string of the molecule is CN(C(=O)COC(=O)c1ccc2ccccc2c1O)c1ccccc1. The average molecular weight is 335 g/mol. The summed E-state index contributed by atoms with van der Waals surface area (Å²) in [5, 5.41) is 11.7. The van der Waals surface area contributed by atoms with Crippen LogP contribution in [0.25, 0.3) is 10.8 Å². The highest BCUT2D eigenvalue weighted by Gasteiger charge is 2.18. The molecule has 0 bridgehead atoms. The largest absolute Gasteiger partial charge is 0.506 e. The van der Waals surface area contributed by atoms with Crippen LogP contribution in [0.4, 0.5) is 5.69 Å². The van der Waals surface area contributed by atoms with Crippen molar-refractivity contribution >= 4 is 28.3 Å². The van der Waals surface area contributed by atoms with Crippen molar-refractivity contribution in [2.75, 3.05) is 18.6 Å². The molecule has 3 rings (SSSR count). The van der Waals surface area contributed by atoms with Crippen molar-refractivity contribution in [3.05, 3.63) is 72.3 Å². The van der Waals surface area contributed by atoms with Gasteiger partial charge in [-0.25, -0.2) is 4.79 Å². The first-order chi connectivity index (χ1) is 12.1. The molecule has 0 heterocycles. The van der Waals surface area contributed by atoms with Gasteiger partial charge in [-0.3, -0.25) is 4.79 Å². The number of anilines is 1. The molecule has 3 aromatic rings. The Kier molecular flexibility index (Phi) is 4.66. The summed E-state index contributed by atoms with van der Waals surface area (Å²) in [4.78, 5) is 25.8. The van der Waals surface area contributed by atoms with E-state index in [0.29, 0.717) is 11.1 Å². The number of rotatable bonds is 4. The molecule has 0 atom stereocenters. The number of fused-ring (bicyclic) bond motifs is 1. The third kappa shape index (κ3) is 3.45. The van der Waals surface area contributed by atoms with Crippen molar-refractivity contribution < 1.29 is 19.4 Å². The third-order valence-corrected chi connectivity index (χ3v) is 3.96. The Morgan fingerprint density at radius 3 is 2.40 bits per heavy atom. The minimum absolute atomic E-state index is 0.0360. The number of nitrogens with zero attached hydrogens (tertiary/aromatic N) is 1. The standard InChI is InChI=1S/C20H17NO4/c1-21(15-8-3-2-4-9-15)18(22)13-25-20(24)17-12-11-14-7-5-6-10-16(14)19(17)23/h2-12,23H,13H2,1H3. The summed E-state index contributed by atoms with van der Waals surface area (Å²) in [6.07, 6.45) is 0. The Balaban J connectivity index is 1.71. The van der Waals surface area contributed by atoms with E-state index in [1.165, 1.54) is 11.0 Å². The van der Waals surface area contributed by atoms with E-state index in [1.54, 1.807) is 37.4 Å². The predicted molar refractivity (Wildman–Crippen MR) is 95.7 cm³/mol. The van der Waals surface area contributed by atoms with E-state index < -0.39 is 12.6 Å². The number of phenols is 1. The van der Waals surface area contributed by atoms with Crippen molar-refractivity contribution in [1.82, 2.24) is 0 Å². The summed E-state index contributed by atoms with van der Waals surface area (Å²) in [6.45, 7) is -0.406. The molecule has 126 valence electrons. The summed E-state index contributed by atoms with van der Waals surface area (Å²) in [6, 6.07) is 19.4. The summed E-state index contributed by atoms with van der Waals surface area (Å²) in [5.41, 5.74) is 0.742. The number of likely N-dealkylation sites (N-methyl/N-ethyl adjacent to an activating group) is 1. The Bertz CT molecular complexity index is 921. The van der Waals surface area contributed by atoms with Crippen LogP contribution in [-0.2, 0) is 9.53 Å². The third-order valence-electron chi connectivity index (χ3n) is 3.96. The molecule has 0 radical (unpaired) electrons. The maximum absolute atomic E-state index is 12.2. The van der Waals surface area contributed by atoms with Gasteiger partial charge in [-0.2, -0.15) is 0 Å². The van der Waals surface area contributed by atoms with Gasteiger partial charge in [-0.15, -0.1) is 0 Å². The molecule has 1 N–H and O–H groups in total. The molecule has 0 aliphatic rings. The summed E-state index contributed by atoms with van der Waals surface area (Å²) in [5.74, 6) is -1.25. The van der Waals surface area contributed by atoms with Gasteiger partial charge in [-0.05, 0) is 23.6 Å². The highest BCUT2D eigenvalue weighted by Crippen LogP contribution is 2.29. The molecule has 25 heavy (non-hydrogen) atoms. The van der Waals surface area contributed by atoms with Gasteiger partial charge in [0, 0.05) is 18.1 Å². The topological polar surface area (TPSA) is 66.8 Å². The fourth-order valence-corrected chi connectivity index (χ4v) is 2.52. The molecule has 0 fully saturated rings. The Hall–Kier alpha value is -3.34. The lowest BCUT2D eigenvalue weighted by Crippen LogP contribution is -2.31. The predicted octanol–water partition coefficient (Wildman–Crippen LogP) is 3.37. The first-order valence-electron chi connectivity index (χ1n) is 7.77. The van der Waals surface area contributed by atoms with Crippen LogP contribution in [0.5, 0.6) is 5.75 Å². The van der Waals surface area contributed by atoms with E-state index in [2.05, 4.69) is 0 Å². The molecule has 0 unspecified atom stereocenters. The van der Waals surface area contributed by atoms with E-state index >= 15 is 0 Å². The lowest BCUT2D eigenvalue weighted by molar-refractivity contribution is -0.121. The van der Waals surface area contributed by atoms with E-state index in [9.17, 15) is 14.7 Å². The van der Waals surface area contributed by atoms with Crippen LogP contribution in [-0.4, -0.2) is 30.6 Å². The molecule has 0 aliphatic heterocycles. The van der Waals surface area contributed by atoms with Gasteiger partial charge in [-0.1, -0.05) is 48.5 Å². The molecule has 5 nitrogen and oxygen atoms in total. The van der Waals surface area contributed by atoms with Crippen LogP contribution in [0.1, 0.15) is 10.4 Å². The number of hydrogen-bond acceptors (Lipinski definition) is 4. The molecule has 1 amide bonds. The number of benzene rings is 3. The van der Waals surface area contributed by atoms with Crippen molar-refractivity contribution in [2.45, 2.75) is 0 Å². The number of esters is 1. The van der Waals surface area contributed by atoms with Crippen molar-refractivity contribution in [3.63, 3.8) is 0 Å². The molecule has 0 aromatic heterocycles. The maximum Gasteiger partial charge on any atom is 0.342 e. The number of carbonyl (C=O) groups excluding carboxylic acids is 2. The van der Waals surface area contributed by atoms with Crippen LogP contribution in [0.15, 0.2) is 66.7 Å². The van der Waals surface area contributed by atoms with Gasteiger partial charge in [0.05, 0.1) is 0 Å². The average Bonchev–Trinajstić information content (AvgIpc) is 2.66. The molecule has 3 aromatic carbocycles. The summed E-state index contributed by atoms with van der Waals surface area (Å²) < 4.78 is 5.07. The van der Waals surface area contributed by atoms with E-state index in [1.807, 2.05) is 30.3 Å². The Morgan fingerprint density at radius 1 is 0.960 bits per heavy atom. The minimum Gasteiger partial charge on any atom is -0.506 e. The number of ether oxygens (including phenoxy) is 1. The van der Waals surface area contributed by atoms with E-state index in [-0.39, 0.29) is 17.2 Å². The molecule has 0 spiro atoms. The second-order valence-corrected chi connectivity index (χ2v) is 5.55. The fraction of sp³-hybridized carbons (Fsp3) is 0.100. The van der Waals surface area contributed by atoms with Crippen LogP contribution < -0.4 is 4.90 Å². The van der Waals surface area contributed by atoms with Crippen molar-refractivity contribution in [3.8, 4) is 5.75 Å². The number of phenolic OH excluding ortho intramolecular Hbond substituents is 1. The fourth-order valence-electron chi connectivity index (χ4n) is 2.52. The normalized spacial score (nSPS) is 10.4. The van der Waals surface area contributed by atoms with Crippen LogP contribution in [0.3, 0.4) is 0 Å². The molecular formula is C20H17NO4. The zero-order chi connectivity index (χ0) is 17.8. The van der Waals surface area contributed by atoms with E-state index in [0.717, 1.165) is 5.39 Å². The summed E-state index contributed by atoms with van der Waals surface area (Å²) in [7, 11) is 1.61. The van der Waals surface area contributed by atoms with Gasteiger partial charge in [0.1, 0.15) is 11.3 Å². The number of para-hydroxylation sites is 1. The quantitative estimate of drug-likeness (QED) is 0.743. The van der Waals surface area contributed by atoms with Gasteiger partial charge in [0.25, 0.3) is 5.91 Å². The van der Waals surface area contributed by atoms with Gasteiger partial charge < -0.3 is 14.7 Å². The van der Waals surface area contributed by atoms with Gasteiger partial charge >= 0.3 is 5.97 Å². The van der Waals surface area contributed by atoms with Gasteiger partial charge in [0.15, 0.2) is 6.61 Å². The second kappa shape index (κ2) is 7.05.